The molecule has 1 amide bonds. The number of thiazole rings is 1. The van der Waals surface area contributed by atoms with Gasteiger partial charge in [-0.25, -0.2) is 4.98 Å². The zero-order valence-electron chi connectivity index (χ0n) is 16.8. The Kier molecular flexibility index (Phi) is 6.01. The molecule has 3 heterocycles. The Morgan fingerprint density at radius 3 is 2.67 bits per heavy atom. The van der Waals surface area contributed by atoms with Gasteiger partial charge in [-0.15, -0.1) is 21.5 Å². The lowest BCUT2D eigenvalue weighted by molar-refractivity contribution is -0.115. The van der Waals surface area contributed by atoms with Crippen LogP contribution in [0.5, 0.6) is 0 Å². The SMILES string of the molecule is CCc1ccc(N(C(C)=O)c2nc(CSc3nnc(-c4ccoc4C)o3)cs2)cc1. The van der Waals surface area contributed by atoms with Gasteiger partial charge in [0.25, 0.3) is 11.1 Å². The van der Waals surface area contributed by atoms with Gasteiger partial charge >= 0.3 is 0 Å². The first-order valence-electron chi connectivity index (χ1n) is 9.40. The van der Waals surface area contributed by atoms with Crippen LogP contribution in [0.25, 0.3) is 11.5 Å². The highest BCUT2D eigenvalue weighted by molar-refractivity contribution is 7.98. The Labute approximate surface area is 182 Å². The van der Waals surface area contributed by atoms with E-state index in [4.69, 9.17) is 8.83 Å². The average molecular weight is 441 g/mol. The van der Waals surface area contributed by atoms with Crippen molar-refractivity contribution in [3.05, 3.63) is 59.0 Å². The van der Waals surface area contributed by atoms with Crippen LogP contribution in [0.4, 0.5) is 10.8 Å². The Hall–Kier alpha value is -2.91. The van der Waals surface area contributed by atoms with Gasteiger partial charge in [0.2, 0.25) is 5.91 Å². The minimum absolute atomic E-state index is 0.0789. The second kappa shape index (κ2) is 8.85. The number of carbonyl (C=O) groups is 1. The number of nitrogens with zero attached hydrogens (tertiary/aromatic N) is 4. The van der Waals surface area contributed by atoms with Gasteiger partial charge in [0.15, 0.2) is 5.13 Å². The van der Waals surface area contributed by atoms with Gasteiger partial charge in [0, 0.05) is 18.1 Å². The van der Waals surface area contributed by atoms with E-state index >= 15 is 0 Å². The molecule has 154 valence electrons. The number of furan rings is 1. The maximum atomic E-state index is 12.3. The summed E-state index contributed by atoms with van der Waals surface area (Å²) in [6.07, 6.45) is 2.55. The molecule has 0 unspecified atom stereocenters. The van der Waals surface area contributed by atoms with E-state index in [1.807, 2.05) is 36.6 Å². The van der Waals surface area contributed by atoms with Crippen molar-refractivity contribution in [2.45, 2.75) is 38.2 Å². The molecule has 0 spiro atoms. The summed E-state index contributed by atoms with van der Waals surface area (Å²) >= 11 is 2.83. The maximum absolute atomic E-state index is 12.3. The van der Waals surface area contributed by atoms with Crippen molar-refractivity contribution in [2.24, 2.45) is 0 Å². The first kappa shape index (κ1) is 20.4. The van der Waals surface area contributed by atoms with Gasteiger partial charge in [-0.2, -0.15) is 0 Å². The van der Waals surface area contributed by atoms with Crippen LogP contribution in [0.3, 0.4) is 0 Å². The number of thioether (sulfide) groups is 1. The largest absolute Gasteiger partial charge is 0.469 e. The molecule has 0 radical (unpaired) electrons. The first-order valence-corrected chi connectivity index (χ1v) is 11.3. The molecule has 0 N–H and O–H groups in total. The molecule has 0 atom stereocenters. The van der Waals surface area contributed by atoms with E-state index in [2.05, 4.69) is 22.1 Å². The van der Waals surface area contributed by atoms with Crippen molar-refractivity contribution in [3.63, 3.8) is 0 Å². The molecule has 0 aliphatic rings. The number of carbonyl (C=O) groups excluding carboxylic acids is 1. The van der Waals surface area contributed by atoms with Crippen molar-refractivity contribution in [2.75, 3.05) is 4.90 Å². The van der Waals surface area contributed by atoms with Crippen LogP contribution in [0.2, 0.25) is 0 Å². The smallest absolute Gasteiger partial charge is 0.277 e. The van der Waals surface area contributed by atoms with Crippen LogP contribution >= 0.6 is 23.1 Å². The average Bonchev–Trinajstić information content (AvgIpc) is 3.48. The molecule has 0 aliphatic carbocycles. The number of amides is 1. The number of aryl methyl sites for hydroxylation is 2. The summed E-state index contributed by atoms with van der Waals surface area (Å²) in [6, 6.07) is 9.77. The molecule has 7 nitrogen and oxygen atoms in total. The van der Waals surface area contributed by atoms with Crippen molar-refractivity contribution in [1.82, 2.24) is 15.2 Å². The summed E-state index contributed by atoms with van der Waals surface area (Å²) in [7, 11) is 0. The van der Waals surface area contributed by atoms with E-state index in [0.29, 0.717) is 22.0 Å². The van der Waals surface area contributed by atoms with Crippen molar-refractivity contribution < 1.29 is 13.6 Å². The van der Waals surface area contributed by atoms with Crippen LogP contribution in [0.15, 0.2) is 56.0 Å². The van der Waals surface area contributed by atoms with Gasteiger partial charge in [0.05, 0.1) is 23.2 Å². The molecule has 0 saturated carbocycles. The fourth-order valence-corrected chi connectivity index (χ4v) is 4.54. The Balaban J connectivity index is 1.46. The maximum Gasteiger partial charge on any atom is 0.277 e. The van der Waals surface area contributed by atoms with Gasteiger partial charge in [-0.1, -0.05) is 30.8 Å². The summed E-state index contributed by atoms with van der Waals surface area (Å²) in [5, 5.41) is 11.2. The number of hydrogen-bond donors (Lipinski definition) is 0. The number of anilines is 2. The minimum Gasteiger partial charge on any atom is -0.469 e. The molecule has 30 heavy (non-hydrogen) atoms. The molecule has 0 bridgehead atoms. The van der Waals surface area contributed by atoms with Crippen LogP contribution < -0.4 is 4.90 Å². The molecule has 4 aromatic rings. The standard InChI is InChI=1S/C21H20N4O3S2/c1-4-15-5-7-17(8-6-15)25(14(3)26)20-22-16(11-29-20)12-30-21-24-23-19(28-21)18-9-10-27-13(18)2/h5-11H,4,12H2,1-3H3. The van der Waals surface area contributed by atoms with Crippen LogP contribution in [0, 0.1) is 6.92 Å². The predicted octanol–water partition coefficient (Wildman–Crippen LogP) is 5.63. The van der Waals surface area contributed by atoms with E-state index in [1.54, 1.807) is 24.2 Å². The molecule has 4 rings (SSSR count). The molecule has 0 aliphatic heterocycles. The summed E-state index contributed by atoms with van der Waals surface area (Å²) < 4.78 is 11.0. The topological polar surface area (TPSA) is 85.3 Å². The van der Waals surface area contributed by atoms with Crippen LogP contribution in [-0.2, 0) is 17.0 Å². The zero-order valence-corrected chi connectivity index (χ0v) is 18.4. The Morgan fingerprint density at radius 1 is 1.20 bits per heavy atom. The molecule has 9 heteroatoms. The van der Waals surface area contributed by atoms with Crippen molar-refractivity contribution in [1.29, 1.82) is 0 Å². The summed E-state index contributed by atoms with van der Waals surface area (Å²) in [5.74, 6) is 1.64. The number of rotatable bonds is 7. The first-order chi connectivity index (χ1) is 14.5. The summed E-state index contributed by atoms with van der Waals surface area (Å²) in [6.45, 7) is 5.49. The highest BCUT2D eigenvalue weighted by Crippen LogP contribution is 2.32. The minimum atomic E-state index is -0.0789. The van der Waals surface area contributed by atoms with E-state index in [1.165, 1.54) is 28.7 Å². The highest BCUT2D eigenvalue weighted by atomic mass is 32.2. The predicted molar refractivity (Wildman–Crippen MR) is 117 cm³/mol. The molecule has 0 saturated heterocycles. The lowest BCUT2D eigenvalue weighted by atomic mass is 10.1. The quantitative estimate of drug-likeness (QED) is 0.344. The highest BCUT2D eigenvalue weighted by Gasteiger charge is 2.19. The Morgan fingerprint density at radius 2 is 2.00 bits per heavy atom. The molecular formula is C21H20N4O3S2. The molecule has 0 fully saturated rings. The van der Waals surface area contributed by atoms with Crippen molar-refractivity contribution in [3.8, 4) is 11.5 Å². The summed E-state index contributed by atoms with van der Waals surface area (Å²) in [5.41, 5.74) is 3.67. The van der Waals surface area contributed by atoms with E-state index in [-0.39, 0.29) is 5.91 Å². The summed E-state index contributed by atoms with van der Waals surface area (Å²) in [4.78, 5) is 18.5. The molecular weight excluding hydrogens is 420 g/mol. The second-order valence-corrected chi connectivity index (χ2v) is 8.31. The zero-order chi connectivity index (χ0) is 21.1. The van der Waals surface area contributed by atoms with Gasteiger partial charge in [-0.05, 0) is 37.1 Å². The van der Waals surface area contributed by atoms with Gasteiger partial charge in [-0.3, -0.25) is 9.69 Å². The number of benzene rings is 1. The van der Waals surface area contributed by atoms with Gasteiger partial charge < -0.3 is 8.83 Å². The lowest BCUT2D eigenvalue weighted by Crippen LogP contribution is -2.22. The Bertz CT molecular complexity index is 1150. The van der Waals surface area contributed by atoms with E-state index in [0.717, 1.165) is 29.1 Å². The third-order valence-corrected chi connectivity index (χ3v) is 6.21. The molecule has 1 aromatic carbocycles. The third-order valence-electron chi connectivity index (χ3n) is 4.49. The van der Waals surface area contributed by atoms with Crippen molar-refractivity contribution >= 4 is 39.8 Å². The lowest BCUT2D eigenvalue weighted by Gasteiger charge is -2.18. The fourth-order valence-electron chi connectivity index (χ4n) is 2.89. The van der Waals surface area contributed by atoms with Crippen LogP contribution in [-0.4, -0.2) is 21.1 Å². The van der Waals surface area contributed by atoms with Gasteiger partial charge in [0.1, 0.15) is 5.76 Å². The fraction of sp³-hybridized carbons (Fsp3) is 0.238. The van der Waals surface area contributed by atoms with E-state index < -0.39 is 0 Å². The monoisotopic (exact) mass is 440 g/mol. The number of aromatic nitrogens is 3. The third kappa shape index (κ3) is 4.31. The second-order valence-electron chi connectivity index (χ2n) is 6.55. The normalized spacial score (nSPS) is 11.0. The molecule has 3 aromatic heterocycles. The number of hydrogen-bond acceptors (Lipinski definition) is 8. The van der Waals surface area contributed by atoms with E-state index in [9.17, 15) is 4.79 Å². The van der Waals surface area contributed by atoms with Crippen LogP contribution in [0.1, 0.15) is 30.9 Å².